The molecule has 0 amide bonds. The van der Waals surface area contributed by atoms with Crippen molar-refractivity contribution in [1.29, 1.82) is 0 Å². The van der Waals surface area contributed by atoms with Crippen LogP contribution in [0.5, 0.6) is 0 Å². The number of anilines is 1. The predicted octanol–water partition coefficient (Wildman–Crippen LogP) is 7.63. The molecule has 0 radical (unpaired) electrons. The molecule has 0 bridgehead atoms. The van der Waals surface area contributed by atoms with Crippen molar-refractivity contribution in [3.63, 3.8) is 0 Å². The minimum Gasteiger partial charge on any atom is -0.384 e. The van der Waals surface area contributed by atoms with Gasteiger partial charge in [-0.2, -0.15) is 0 Å². The highest BCUT2D eigenvalue weighted by Crippen LogP contribution is 2.43. The number of nitrogens with zero attached hydrogens (tertiary/aromatic N) is 5. The van der Waals surface area contributed by atoms with Crippen molar-refractivity contribution < 1.29 is 0 Å². The zero-order chi connectivity index (χ0) is 28.8. The topological polar surface area (TPSA) is 80.8 Å². The molecule has 0 aromatic carbocycles. The van der Waals surface area contributed by atoms with Crippen LogP contribution in [0.25, 0.3) is 22.3 Å². The summed E-state index contributed by atoms with van der Waals surface area (Å²) in [5.41, 5.74) is 11.0. The van der Waals surface area contributed by atoms with Gasteiger partial charge in [0.05, 0.1) is 11.7 Å². The molecule has 0 spiro atoms. The molecule has 3 aromatic rings. The predicted molar refractivity (Wildman–Crippen MR) is 171 cm³/mol. The summed E-state index contributed by atoms with van der Waals surface area (Å²) in [6, 6.07) is 3.66. The third kappa shape index (κ3) is 10.1. The molecule has 4 heterocycles. The normalized spacial score (nSPS) is 15.1. The fraction of sp³-hybridized carbons (Fsp3) is 0.438. The lowest BCUT2D eigenvalue weighted by Crippen LogP contribution is -2.32. The highest BCUT2D eigenvalue weighted by atomic mass is 15.1. The molecule has 2 aliphatic rings. The zero-order valence-electron chi connectivity index (χ0n) is 25.0. The number of allylic oxidation sites excluding steroid dienone is 4. The lowest BCUT2D eigenvalue weighted by atomic mass is 9.46. The van der Waals surface area contributed by atoms with E-state index in [-0.39, 0.29) is 0 Å². The van der Waals surface area contributed by atoms with Gasteiger partial charge in [0.2, 0.25) is 0 Å². The monoisotopic (exact) mass is 526 g/mol. The van der Waals surface area contributed by atoms with E-state index in [1.54, 1.807) is 18.3 Å². The minimum atomic E-state index is 0.471. The first-order valence-corrected chi connectivity index (χ1v) is 14.3. The van der Waals surface area contributed by atoms with Gasteiger partial charge in [-0.1, -0.05) is 71.6 Å². The van der Waals surface area contributed by atoms with Gasteiger partial charge in [0.25, 0.3) is 0 Å². The molecule has 2 N–H and O–H groups in total. The summed E-state index contributed by atoms with van der Waals surface area (Å²) in [7, 11) is 2.20. The Balaban J connectivity index is 0.000000246. The first kappa shape index (κ1) is 31.9. The van der Waals surface area contributed by atoms with Gasteiger partial charge in [0.15, 0.2) is 5.82 Å². The van der Waals surface area contributed by atoms with Gasteiger partial charge in [-0.3, -0.25) is 4.98 Å². The van der Waals surface area contributed by atoms with Gasteiger partial charge in [-0.25, -0.2) is 15.0 Å². The van der Waals surface area contributed by atoms with Crippen LogP contribution in [0.3, 0.4) is 0 Å². The second-order valence-electron chi connectivity index (χ2n) is 10.0. The van der Waals surface area contributed by atoms with Crippen LogP contribution < -0.4 is 5.73 Å². The van der Waals surface area contributed by atoms with Crippen molar-refractivity contribution in [3.05, 3.63) is 78.9 Å². The van der Waals surface area contributed by atoms with Gasteiger partial charge in [0, 0.05) is 29.0 Å². The van der Waals surface area contributed by atoms with Crippen LogP contribution >= 0.6 is 0 Å². The molecule has 1 saturated carbocycles. The Hall–Kier alpha value is -3.32. The molecule has 6 nitrogen and oxygen atoms in total. The van der Waals surface area contributed by atoms with Crippen LogP contribution in [0.4, 0.5) is 5.82 Å². The number of hydrogen-bond acceptors (Lipinski definition) is 6. The summed E-state index contributed by atoms with van der Waals surface area (Å²) in [4.78, 5) is 20.1. The van der Waals surface area contributed by atoms with Crippen molar-refractivity contribution in [3.8, 4) is 11.4 Å². The Kier molecular flexibility index (Phi) is 13.6. The first-order valence-electron chi connectivity index (χ1n) is 14.3. The molecule has 3 aromatic heterocycles. The number of rotatable bonds is 5. The van der Waals surface area contributed by atoms with Crippen LogP contribution in [0.2, 0.25) is 19.5 Å². The van der Waals surface area contributed by atoms with E-state index < -0.39 is 0 Å². The first-order chi connectivity index (χ1) is 18.9. The van der Waals surface area contributed by atoms with Crippen molar-refractivity contribution in [2.45, 2.75) is 72.3 Å². The maximum atomic E-state index is 5.74. The van der Waals surface area contributed by atoms with Crippen molar-refractivity contribution in [1.82, 2.24) is 24.8 Å². The molecule has 1 saturated heterocycles. The number of pyridine rings is 2. The van der Waals surface area contributed by atoms with E-state index in [9.17, 15) is 0 Å². The second-order valence-corrected chi connectivity index (χ2v) is 10.0. The number of nitrogen functional groups attached to an aromatic ring is 1. The largest absolute Gasteiger partial charge is 0.384 e. The summed E-state index contributed by atoms with van der Waals surface area (Å²) in [5, 5.41) is 1.15. The molecular weight excluding hydrogens is 479 g/mol. The van der Waals surface area contributed by atoms with Crippen molar-refractivity contribution in [2.75, 3.05) is 25.9 Å². The van der Waals surface area contributed by atoms with Gasteiger partial charge in [-0.05, 0) is 75.5 Å². The average Bonchev–Trinajstić information content (AvgIpc) is 3.80. The third-order valence-electron chi connectivity index (χ3n) is 6.88. The standard InChI is InChI=1S/C16H15N5.C8H12.C6H14BN.C2H6/c1-9-15-12(10-2-3-10)7-18-8-13(15)21-16(20-9)11-4-5-19-14(17)6-11;1-4-7-8(5-2)6-3;1-7-3-5-8(2)6-4-7;1-2/h4-8,10H,2-3H2,1H3,(H2,17,19);4-5,7H,1-2,6H2,3H3;3-6H2,1-2H3;1-2H3/b;8-7+;;. The van der Waals surface area contributed by atoms with E-state index in [0.717, 1.165) is 35.3 Å². The molecule has 0 atom stereocenters. The number of hydrogen-bond donors (Lipinski definition) is 1. The SMILES string of the molecule is C=C/C=C(\C=C)CC.CB1CCN(C)CC1.CC.Cc1nc(-c2ccnc(N)c2)nc2cncc(C3CC3)c12. The Morgan fingerprint density at radius 3 is 2.36 bits per heavy atom. The maximum Gasteiger partial charge on any atom is 0.160 e. The highest BCUT2D eigenvalue weighted by Gasteiger charge is 2.27. The fourth-order valence-corrected chi connectivity index (χ4v) is 4.34. The van der Waals surface area contributed by atoms with Crippen molar-refractivity contribution in [2.24, 2.45) is 0 Å². The van der Waals surface area contributed by atoms with Crippen molar-refractivity contribution >= 4 is 23.4 Å². The summed E-state index contributed by atoms with van der Waals surface area (Å²) in [6.45, 7) is 21.3. The summed E-state index contributed by atoms with van der Waals surface area (Å²) in [6.07, 6.45) is 17.3. The Morgan fingerprint density at radius 2 is 1.85 bits per heavy atom. The minimum absolute atomic E-state index is 0.471. The van der Waals surface area contributed by atoms with E-state index >= 15 is 0 Å². The van der Waals surface area contributed by atoms with E-state index in [4.69, 9.17) is 5.73 Å². The van der Waals surface area contributed by atoms with Gasteiger partial charge < -0.3 is 10.6 Å². The van der Waals surface area contributed by atoms with Gasteiger partial charge in [-0.15, -0.1) is 0 Å². The zero-order valence-corrected chi connectivity index (χ0v) is 25.0. The summed E-state index contributed by atoms with van der Waals surface area (Å²) in [5.74, 6) is 1.77. The van der Waals surface area contributed by atoms with Gasteiger partial charge in [0.1, 0.15) is 12.5 Å². The second kappa shape index (κ2) is 16.6. The molecule has 5 rings (SSSR count). The fourth-order valence-electron chi connectivity index (χ4n) is 4.34. The third-order valence-corrected chi connectivity index (χ3v) is 6.88. The quantitative estimate of drug-likeness (QED) is 0.272. The maximum absolute atomic E-state index is 5.74. The molecule has 7 heteroatoms. The summed E-state index contributed by atoms with van der Waals surface area (Å²) < 4.78 is 0. The van der Waals surface area contributed by atoms with Crippen LogP contribution in [0, 0.1) is 6.92 Å². The van der Waals surface area contributed by atoms with Crippen LogP contribution in [-0.4, -0.2) is 51.7 Å². The van der Waals surface area contributed by atoms with E-state index in [1.165, 1.54) is 49.7 Å². The molecule has 0 unspecified atom stereocenters. The van der Waals surface area contributed by atoms with Crippen LogP contribution in [0.15, 0.2) is 67.7 Å². The summed E-state index contributed by atoms with van der Waals surface area (Å²) >= 11 is 0. The molecule has 208 valence electrons. The molecule has 39 heavy (non-hydrogen) atoms. The Labute approximate surface area is 236 Å². The van der Waals surface area contributed by atoms with Gasteiger partial charge >= 0.3 is 0 Å². The Bertz CT molecular complexity index is 1220. The molecule has 2 fully saturated rings. The molecule has 1 aliphatic carbocycles. The van der Waals surface area contributed by atoms with E-state index in [2.05, 4.69) is 58.8 Å². The smallest absolute Gasteiger partial charge is 0.160 e. The number of nitrogens with two attached hydrogens (primary N) is 1. The van der Waals surface area contributed by atoms with E-state index in [0.29, 0.717) is 17.6 Å². The molecule has 1 aliphatic heterocycles. The van der Waals surface area contributed by atoms with Crippen LogP contribution in [-0.2, 0) is 0 Å². The van der Waals surface area contributed by atoms with E-state index in [1.807, 2.05) is 51.4 Å². The lowest BCUT2D eigenvalue weighted by Gasteiger charge is -2.24. The lowest BCUT2D eigenvalue weighted by molar-refractivity contribution is 0.358. The Morgan fingerprint density at radius 1 is 1.15 bits per heavy atom. The van der Waals surface area contributed by atoms with Crippen LogP contribution in [0.1, 0.15) is 57.2 Å². The number of aryl methyl sites for hydroxylation is 1. The number of aromatic nitrogens is 4. The highest BCUT2D eigenvalue weighted by molar-refractivity contribution is 6.57. The molecular formula is C32H47BN6. The average molecular weight is 527 g/mol. The number of fused-ring (bicyclic) bond motifs is 1.